The number of benzene rings is 3. The monoisotopic (exact) mass is 812 g/mol. The predicted molar refractivity (Wildman–Crippen MR) is 173 cm³/mol. The first-order chi connectivity index (χ1) is 26.9. The molecule has 3 aromatic carbocycles. The van der Waals surface area contributed by atoms with Gasteiger partial charge in [0.1, 0.15) is 11.3 Å². The third kappa shape index (κ3) is 5.26. The van der Waals surface area contributed by atoms with Gasteiger partial charge in [0.25, 0.3) is 0 Å². The number of rotatable bonds is 3. The smallest absolute Gasteiger partial charge is 0.200 e. The zero-order valence-corrected chi connectivity index (χ0v) is 27.1. The first-order valence-electron chi connectivity index (χ1n) is 15.6. The van der Waals surface area contributed by atoms with E-state index in [1.807, 2.05) is 0 Å². The minimum absolute atomic E-state index is 0.422. The molecule has 0 saturated heterocycles. The maximum Gasteiger partial charge on any atom is 0.200 e. The molecule has 0 amide bonds. The van der Waals surface area contributed by atoms with Crippen molar-refractivity contribution in [2.45, 2.75) is 0 Å². The molecule has 0 fully saturated rings. The molecule has 8 bridgehead atoms. The molecule has 4 aromatic heterocycles. The summed E-state index contributed by atoms with van der Waals surface area (Å²) in [5.41, 5.74) is -13.1. The predicted octanol–water partition coefficient (Wildman–Crippen LogP) is 11.5. The second-order valence-electron chi connectivity index (χ2n) is 12.2. The summed E-state index contributed by atoms with van der Waals surface area (Å²) in [6.07, 6.45) is 1.90. The molecule has 20 heteroatoms. The van der Waals surface area contributed by atoms with Gasteiger partial charge in [-0.2, -0.15) is 0 Å². The van der Waals surface area contributed by atoms with Crippen molar-refractivity contribution in [1.29, 1.82) is 0 Å². The zero-order chi connectivity index (χ0) is 41.1. The van der Waals surface area contributed by atoms with E-state index in [1.54, 1.807) is 0 Å². The highest BCUT2D eigenvalue weighted by Gasteiger charge is 2.33. The Labute approximate surface area is 304 Å². The standard InChI is InChI=1S/C37H11F15N4O/c38-22-19(23(39)29(45)34(50)28(22)44)16-8-1-2-10(53-8)17(20-24(40)30(46)35(51)31(47)25(20)41)11-5-6-13(55-11)37-15(57)7-14(56-37)18(12-4-3-9(16)54-12)21-26(42)32(48)36(52)33(49)27(21)43/h1-7,53-54,56-57H. The highest BCUT2D eigenvalue weighted by atomic mass is 19.2. The van der Waals surface area contributed by atoms with Crippen LogP contribution in [0.4, 0.5) is 65.9 Å². The lowest BCUT2D eigenvalue weighted by molar-refractivity contribution is 0.381. The number of nitrogens with zero attached hydrogens (tertiary/aromatic N) is 1. The topological polar surface area (TPSA) is 80.5 Å². The van der Waals surface area contributed by atoms with Gasteiger partial charge in [-0.3, -0.25) is 0 Å². The van der Waals surface area contributed by atoms with Crippen molar-refractivity contribution in [3.8, 4) is 39.1 Å². The van der Waals surface area contributed by atoms with Gasteiger partial charge in [0.15, 0.2) is 69.8 Å². The van der Waals surface area contributed by atoms with E-state index in [0.29, 0.717) is 6.07 Å². The molecular formula is C37H11F15N4O. The molecule has 1 aliphatic heterocycles. The lowest BCUT2D eigenvalue weighted by Gasteiger charge is -2.11. The quantitative estimate of drug-likeness (QED) is 0.0814. The molecular weight excluding hydrogens is 801 g/mol. The minimum atomic E-state index is -2.62. The summed E-state index contributed by atoms with van der Waals surface area (Å²) in [5, 5.41) is 10.9. The van der Waals surface area contributed by atoms with Crippen LogP contribution in [0.5, 0.6) is 5.75 Å². The van der Waals surface area contributed by atoms with E-state index in [2.05, 4.69) is 19.9 Å². The molecule has 5 heterocycles. The number of hydrogen-bond donors (Lipinski definition) is 4. The first-order valence-corrected chi connectivity index (χ1v) is 15.6. The second kappa shape index (κ2) is 12.8. The minimum Gasteiger partial charge on any atom is -0.506 e. The molecule has 0 spiro atoms. The number of aromatic nitrogens is 4. The number of H-pyrrole nitrogens is 3. The average Bonchev–Trinajstić information content (AvgIpc) is 4.03. The van der Waals surface area contributed by atoms with Crippen LogP contribution in [0.25, 0.3) is 78.6 Å². The van der Waals surface area contributed by atoms with Gasteiger partial charge < -0.3 is 20.1 Å². The Kier molecular flexibility index (Phi) is 8.36. The Morgan fingerprint density at radius 3 is 1.02 bits per heavy atom. The van der Waals surface area contributed by atoms with E-state index in [-0.39, 0.29) is 0 Å². The van der Waals surface area contributed by atoms with Crippen LogP contribution in [0.15, 0.2) is 30.3 Å². The number of hydrogen-bond acceptors (Lipinski definition) is 2. The second-order valence-corrected chi connectivity index (χ2v) is 12.2. The van der Waals surface area contributed by atoms with E-state index in [4.69, 9.17) is 0 Å². The summed E-state index contributed by atoms with van der Waals surface area (Å²) >= 11 is 0. The van der Waals surface area contributed by atoms with E-state index in [1.165, 1.54) is 0 Å². The van der Waals surface area contributed by atoms with Crippen LogP contribution in [0.2, 0.25) is 0 Å². The molecule has 0 atom stereocenters. The Balaban J connectivity index is 1.67. The normalized spacial score (nSPS) is 12.1. The SMILES string of the molecule is Oc1cc2[nH]c1c1nc(c(-c3c(F)c(F)c(F)c(F)c3F)c3ccc([nH]3)c(-c3c(F)c(F)c(F)c(F)c3F)c3ccc([nH]3)c2-c2c(F)c(F)c(F)c(F)c2F)C=C1. The fourth-order valence-corrected chi connectivity index (χ4v) is 6.49. The molecule has 7 aromatic rings. The highest BCUT2D eigenvalue weighted by molar-refractivity contribution is 6.01. The van der Waals surface area contributed by atoms with Gasteiger partial charge in [-0.15, -0.1) is 0 Å². The van der Waals surface area contributed by atoms with Crippen LogP contribution in [0.3, 0.4) is 0 Å². The molecule has 8 rings (SSSR count). The van der Waals surface area contributed by atoms with Crippen LogP contribution in [-0.2, 0) is 0 Å². The molecule has 5 nitrogen and oxygen atoms in total. The van der Waals surface area contributed by atoms with E-state index < -0.39 is 171 Å². The van der Waals surface area contributed by atoms with Crippen LogP contribution in [0.1, 0.15) is 11.4 Å². The maximum absolute atomic E-state index is 15.6. The van der Waals surface area contributed by atoms with E-state index in [9.17, 15) is 44.6 Å². The van der Waals surface area contributed by atoms with E-state index >= 15 is 26.3 Å². The van der Waals surface area contributed by atoms with Crippen molar-refractivity contribution >= 4 is 45.3 Å². The Hall–Kier alpha value is -6.86. The Morgan fingerprint density at radius 1 is 0.333 bits per heavy atom. The Bertz CT molecular complexity index is 3020. The third-order valence-corrected chi connectivity index (χ3v) is 9.05. The molecule has 0 saturated carbocycles. The van der Waals surface area contributed by atoms with Crippen LogP contribution in [0, 0.1) is 87.3 Å². The van der Waals surface area contributed by atoms with Crippen molar-refractivity contribution in [2.75, 3.05) is 0 Å². The molecule has 290 valence electrons. The molecule has 4 N–H and O–H groups in total. The number of nitrogens with one attached hydrogen (secondary N) is 3. The van der Waals surface area contributed by atoms with Crippen LogP contribution < -0.4 is 0 Å². The first kappa shape index (κ1) is 37.1. The zero-order valence-electron chi connectivity index (χ0n) is 27.1. The Morgan fingerprint density at radius 2 is 0.632 bits per heavy atom. The molecule has 57 heavy (non-hydrogen) atoms. The summed E-state index contributed by atoms with van der Waals surface area (Å²) in [4.78, 5) is 11.3. The fraction of sp³-hybridized carbons (Fsp3) is 0. The van der Waals surface area contributed by atoms with Crippen molar-refractivity contribution in [1.82, 2.24) is 19.9 Å². The summed E-state index contributed by atoms with van der Waals surface area (Å²) in [6, 6.07) is 3.93. The van der Waals surface area contributed by atoms with Crippen LogP contribution in [-0.4, -0.2) is 25.0 Å². The van der Waals surface area contributed by atoms with Crippen molar-refractivity contribution < 1.29 is 71.0 Å². The molecule has 0 aliphatic carbocycles. The summed E-state index contributed by atoms with van der Waals surface area (Å²) in [6.45, 7) is 0. The summed E-state index contributed by atoms with van der Waals surface area (Å²) in [7, 11) is 0. The maximum atomic E-state index is 15.6. The lowest BCUT2D eigenvalue weighted by Crippen LogP contribution is -2.05. The van der Waals surface area contributed by atoms with Crippen molar-refractivity contribution in [3.63, 3.8) is 0 Å². The summed E-state index contributed by atoms with van der Waals surface area (Å²) in [5.74, 6) is -38.0. The number of aromatic amines is 3. The fourth-order valence-electron chi connectivity index (χ4n) is 6.49. The molecule has 1 aliphatic rings. The third-order valence-electron chi connectivity index (χ3n) is 9.05. The molecule has 0 radical (unpaired) electrons. The highest BCUT2D eigenvalue weighted by Crippen LogP contribution is 2.43. The number of fused-ring (bicyclic) bond motifs is 9. The van der Waals surface area contributed by atoms with Gasteiger partial charge in [-0.05, 0) is 36.4 Å². The van der Waals surface area contributed by atoms with E-state index in [0.717, 1.165) is 36.4 Å². The lowest BCUT2D eigenvalue weighted by atomic mass is 10.0. The van der Waals surface area contributed by atoms with Gasteiger partial charge in [0, 0.05) is 44.8 Å². The summed E-state index contributed by atoms with van der Waals surface area (Å²) < 4.78 is 224. The van der Waals surface area contributed by atoms with Gasteiger partial charge in [-0.25, -0.2) is 70.8 Å². The van der Waals surface area contributed by atoms with Gasteiger partial charge in [-0.1, -0.05) is 0 Å². The largest absolute Gasteiger partial charge is 0.506 e. The van der Waals surface area contributed by atoms with Crippen molar-refractivity contribution in [3.05, 3.63) is 129 Å². The van der Waals surface area contributed by atoms with Crippen molar-refractivity contribution in [2.24, 2.45) is 0 Å². The number of aromatic hydroxyl groups is 1. The average molecular weight is 812 g/mol. The van der Waals surface area contributed by atoms with Gasteiger partial charge >= 0.3 is 0 Å². The van der Waals surface area contributed by atoms with Gasteiger partial charge in [0.2, 0.25) is 17.5 Å². The van der Waals surface area contributed by atoms with Gasteiger partial charge in [0.05, 0.1) is 33.6 Å². The number of halogens is 15. The molecule has 0 unspecified atom stereocenters. The van der Waals surface area contributed by atoms with Crippen LogP contribution >= 0.6 is 0 Å².